The molecule has 0 spiro atoms. The molecule has 0 bridgehead atoms. The molecule has 13 heteroatoms. The average Bonchev–Trinajstić information content (AvgIpc) is 3.05. The molecule has 12 nitrogen and oxygen atoms in total. The number of carbonyl (C=O) groups excluding carboxylic acids is 1. The number of aliphatic hydroxyl groups is 4. The van der Waals surface area contributed by atoms with E-state index < -0.39 is 55.9 Å². The zero-order chi connectivity index (χ0) is 19.7. The Labute approximate surface area is 151 Å². The van der Waals surface area contributed by atoms with Gasteiger partial charge in [0, 0.05) is 5.92 Å². The summed E-state index contributed by atoms with van der Waals surface area (Å²) in [6.07, 6.45) is -6.62. The van der Waals surface area contributed by atoms with E-state index in [1.54, 1.807) is 0 Å². The molecule has 2 aliphatic heterocycles. The molecular weight excluding hydrogens is 389 g/mol. The van der Waals surface area contributed by atoms with Crippen molar-refractivity contribution in [3.05, 3.63) is 17.2 Å². The van der Waals surface area contributed by atoms with Gasteiger partial charge in [0.05, 0.1) is 17.7 Å². The Hall–Kier alpha value is -1.92. The van der Waals surface area contributed by atoms with Crippen LogP contribution in [0.1, 0.15) is 21.8 Å². The zero-order valence-electron chi connectivity index (χ0n) is 13.4. The Morgan fingerprint density at radius 2 is 1.74 bits per heavy atom. The number of phosphoric ester groups is 1. The molecule has 7 N–H and O–H groups in total. The lowest BCUT2D eigenvalue weighted by Crippen LogP contribution is -2.66. The Morgan fingerprint density at radius 3 is 2.41 bits per heavy atom. The van der Waals surface area contributed by atoms with Crippen LogP contribution in [0.3, 0.4) is 0 Å². The van der Waals surface area contributed by atoms with Crippen LogP contribution < -0.4 is 19.3 Å². The molecule has 1 saturated carbocycles. The van der Waals surface area contributed by atoms with Crippen molar-refractivity contribution in [1.82, 2.24) is 5.32 Å². The van der Waals surface area contributed by atoms with Crippen LogP contribution in [-0.2, 0) is 4.57 Å². The Bertz CT molecular complexity index is 854. The zero-order valence-corrected chi connectivity index (χ0v) is 14.3. The fraction of sp³-hybridized carbons (Fsp3) is 0.500. The Kier molecular flexibility index (Phi) is 4.13. The van der Waals surface area contributed by atoms with Gasteiger partial charge in [-0.15, -0.1) is 0 Å². The summed E-state index contributed by atoms with van der Waals surface area (Å²) in [4.78, 5) is 31.0. The van der Waals surface area contributed by atoms with E-state index in [0.29, 0.717) is 0 Å². The van der Waals surface area contributed by atoms with E-state index >= 15 is 0 Å². The van der Waals surface area contributed by atoms with E-state index in [1.165, 1.54) is 6.07 Å². The third-order valence-electron chi connectivity index (χ3n) is 4.92. The van der Waals surface area contributed by atoms with Crippen molar-refractivity contribution < 1.29 is 53.6 Å². The number of ether oxygens (including phenoxy) is 2. The van der Waals surface area contributed by atoms with Gasteiger partial charge in [-0.05, 0) is 11.6 Å². The van der Waals surface area contributed by atoms with Gasteiger partial charge in [0.2, 0.25) is 12.5 Å². The smallest absolute Gasteiger partial charge is 0.453 e. The molecule has 0 aromatic heterocycles. The molecule has 0 unspecified atom stereocenters. The second-order valence-corrected chi connectivity index (χ2v) is 7.64. The summed E-state index contributed by atoms with van der Waals surface area (Å²) in [5.74, 6) is -2.75. The number of hydrogen-bond donors (Lipinski definition) is 7. The first-order valence-corrected chi connectivity index (χ1v) is 9.38. The maximum absolute atomic E-state index is 12.6. The largest absolute Gasteiger partial charge is 0.524 e. The van der Waals surface area contributed by atoms with Crippen molar-refractivity contribution in [3.63, 3.8) is 0 Å². The maximum atomic E-state index is 12.6. The van der Waals surface area contributed by atoms with Gasteiger partial charge in [0.15, 0.2) is 11.5 Å². The van der Waals surface area contributed by atoms with Crippen LogP contribution in [0, 0.1) is 0 Å². The summed E-state index contributed by atoms with van der Waals surface area (Å²) >= 11 is 0. The molecule has 1 fully saturated rings. The molecule has 6 atom stereocenters. The second kappa shape index (κ2) is 6.04. The van der Waals surface area contributed by atoms with Crippen LogP contribution in [0.4, 0.5) is 0 Å². The Morgan fingerprint density at radius 1 is 1.07 bits per heavy atom. The lowest BCUT2D eigenvalue weighted by molar-refractivity contribution is -0.155. The van der Waals surface area contributed by atoms with Gasteiger partial charge >= 0.3 is 7.82 Å². The first-order chi connectivity index (χ1) is 12.6. The van der Waals surface area contributed by atoms with E-state index in [9.17, 15) is 39.6 Å². The number of benzene rings is 1. The third kappa shape index (κ3) is 2.77. The van der Waals surface area contributed by atoms with Crippen LogP contribution in [-0.4, -0.2) is 73.4 Å². The lowest BCUT2D eigenvalue weighted by atomic mass is 9.70. The summed E-state index contributed by atoms with van der Waals surface area (Å²) in [6, 6.07) is 0.141. The highest BCUT2D eigenvalue weighted by Crippen LogP contribution is 2.54. The molecule has 4 rings (SSSR count). The molecule has 1 amide bonds. The molecule has 2 heterocycles. The number of carbonyl (C=O) groups is 1. The van der Waals surface area contributed by atoms with Gasteiger partial charge in [-0.1, -0.05) is 0 Å². The normalized spacial score (nSPS) is 34.5. The van der Waals surface area contributed by atoms with Crippen molar-refractivity contribution in [3.8, 4) is 17.2 Å². The van der Waals surface area contributed by atoms with Crippen molar-refractivity contribution in [2.45, 2.75) is 36.4 Å². The summed E-state index contributed by atoms with van der Waals surface area (Å²) in [5.41, 5.74) is -0.312. The van der Waals surface area contributed by atoms with E-state index in [0.717, 1.165) is 0 Å². The van der Waals surface area contributed by atoms with Crippen molar-refractivity contribution in [2.75, 3.05) is 6.79 Å². The molecule has 0 saturated heterocycles. The van der Waals surface area contributed by atoms with Gasteiger partial charge in [-0.3, -0.25) is 14.6 Å². The summed E-state index contributed by atoms with van der Waals surface area (Å²) in [5, 5.41) is 42.9. The molecule has 148 valence electrons. The number of hydrogen-bond acceptors (Lipinski definition) is 9. The fourth-order valence-corrected chi connectivity index (χ4v) is 4.18. The minimum absolute atomic E-state index is 0.00736. The minimum Gasteiger partial charge on any atom is -0.453 e. The van der Waals surface area contributed by atoms with Gasteiger partial charge in [-0.2, -0.15) is 0 Å². The average molecular weight is 405 g/mol. The van der Waals surface area contributed by atoms with E-state index in [-0.39, 0.29) is 29.4 Å². The van der Waals surface area contributed by atoms with Crippen molar-refractivity contribution in [2.24, 2.45) is 0 Å². The highest BCUT2D eigenvalue weighted by atomic mass is 31.2. The molecule has 27 heavy (non-hydrogen) atoms. The van der Waals surface area contributed by atoms with E-state index in [1.807, 2.05) is 0 Å². The summed E-state index contributed by atoms with van der Waals surface area (Å²) < 4.78 is 26.4. The summed E-state index contributed by atoms with van der Waals surface area (Å²) in [7, 11) is -5.10. The van der Waals surface area contributed by atoms with Crippen molar-refractivity contribution >= 4 is 13.7 Å². The van der Waals surface area contributed by atoms with Crippen LogP contribution in [0.25, 0.3) is 0 Å². The number of rotatable bonds is 2. The van der Waals surface area contributed by atoms with E-state index in [2.05, 4.69) is 9.84 Å². The molecule has 3 aliphatic rings. The first-order valence-electron chi connectivity index (χ1n) is 7.85. The highest BCUT2D eigenvalue weighted by molar-refractivity contribution is 7.46. The SMILES string of the molecule is O=C1N[C@H]2[C@H](O)[C@H](O)[C@@H](O)[C@H](O)[C@@H]2c2cc3c(c(OP(=O)(O)O)c21)OCO3. The number of nitrogens with one attached hydrogen (secondary N) is 1. The van der Waals surface area contributed by atoms with Crippen molar-refractivity contribution in [1.29, 1.82) is 0 Å². The number of amides is 1. The molecule has 1 aliphatic carbocycles. The quantitative estimate of drug-likeness (QED) is 0.258. The number of aliphatic hydroxyl groups excluding tert-OH is 4. The number of fused-ring (bicyclic) bond motifs is 4. The van der Waals surface area contributed by atoms with Gasteiger partial charge in [0.25, 0.3) is 5.91 Å². The van der Waals surface area contributed by atoms with Gasteiger partial charge in [-0.25, -0.2) is 4.57 Å². The fourth-order valence-electron chi connectivity index (χ4n) is 3.76. The molecule has 1 aromatic carbocycles. The Balaban J connectivity index is 1.93. The molecular formula is C14H16NO11P. The van der Waals surface area contributed by atoms with E-state index in [4.69, 9.17) is 9.47 Å². The summed E-state index contributed by atoms with van der Waals surface area (Å²) in [6.45, 7) is -0.294. The highest BCUT2D eigenvalue weighted by Gasteiger charge is 2.54. The van der Waals surface area contributed by atoms with Crippen LogP contribution in [0.15, 0.2) is 6.07 Å². The minimum atomic E-state index is -5.10. The lowest BCUT2D eigenvalue weighted by Gasteiger charge is -2.47. The molecule has 0 radical (unpaired) electrons. The standard InChI is InChI=1S/C14H16NO11P/c16-8-5-3-1-4-12(25-2-24-4)13(26-27(21,22)23)6(3)14(20)15-7(5)9(17)11(19)10(8)18/h1,5,7-11,16-19H,2H2,(H,15,20)(H2,21,22,23)/t5-,7-,8-,9+,10+,11+/m1/s1. The van der Waals surface area contributed by atoms with Crippen LogP contribution in [0.5, 0.6) is 17.2 Å². The monoisotopic (exact) mass is 405 g/mol. The predicted octanol–water partition coefficient (Wildman–Crippen LogP) is -2.46. The maximum Gasteiger partial charge on any atom is 0.524 e. The topological polar surface area (TPSA) is 195 Å². The van der Waals surface area contributed by atoms with Crippen LogP contribution >= 0.6 is 7.82 Å². The number of phosphoric acid groups is 1. The van der Waals surface area contributed by atoms with Gasteiger partial charge in [0.1, 0.15) is 18.3 Å². The second-order valence-electron chi connectivity index (χ2n) is 6.47. The third-order valence-corrected chi connectivity index (χ3v) is 5.34. The predicted molar refractivity (Wildman–Crippen MR) is 83.3 cm³/mol. The van der Waals surface area contributed by atoms with Crippen LogP contribution in [0.2, 0.25) is 0 Å². The first kappa shape index (κ1) is 18.4. The molecule has 1 aromatic rings. The van der Waals surface area contributed by atoms with Gasteiger partial charge < -0.3 is 39.7 Å².